The largest absolute Gasteiger partial charge is 0.356 e. The van der Waals surface area contributed by atoms with Crippen molar-refractivity contribution in [1.29, 1.82) is 0 Å². The molecule has 1 aromatic heterocycles. The number of nitrogens with zero attached hydrogens (tertiary/aromatic N) is 2. The van der Waals surface area contributed by atoms with E-state index in [2.05, 4.69) is 10.5 Å². The SMILES string of the molecule is Cc1cc(C(=O)N2CC(F)(F)C[C@@]3(CCNC3=O)C2)on1. The first-order chi connectivity index (χ1) is 9.81. The predicted octanol–water partition coefficient (Wildman–Crippen LogP) is 0.971. The summed E-state index contributed by atoms with van der Waals surface area (Å²) in [4.78, 5) is 25.2. The van der Waals surface area contributed by atoms with Crippen LogP contribution in [0.5, 0.6) is 0 Å². The zero-order valence-corrected chi connectivity index (χ0v) is 11.5. The van der Waals surface area contributed by atoms with Crippen LogP contribution in [0.4, 0.5) is 8.78 Å². The van der Waals surface area contributed by atoms with Gasteiger partial charge in [-0.05, 0) is 13.3 Å². The molecule has 3 heterocycles. The lowest BCUT2D eigenvalue weighted by Gasteiger charge is -2.42. The van der Waals surface area contributed by atoms with Gasteiger partial charge in [-0.1, -0.05) is 5.16 Å². The lowest BCUT2D eigenvalue weighted by Crippen LogP contribution is -2.56. The highest BCUT2D eigenvalue weighted by Crippen LogP contribution is 2.43. The summed E-state index contributed by atoms with van der Waals surface area (Å²) in [6.07, 6.45) is -0.217. The molecule has 2 fully saturated rings. The molecular formula is C13H15F2N3O3. The Morgan fingerprint density at radius 1 is 1.48 bits per heavy atom. The molecule has 1 aromatic rings. The molecular weight excluding hydrogens is 284 g/mol. The first-order valence-electron chi connectivity index (χ1n) is 6.70. The maximum Gasteiger partial charge on any atom is 0.292 e. The second kappa shape index (κ2) is 4.51. The molecule has 0 aromatic carbocycles. The molecule has 0 bridgehead atoms. The van der Waals surface area contributed by atoms with Gasteiger partial charge in [-0.25, -0.2) is 8.78 Å². The van der Waals surface area contributed by atoms with Crippen molar-refractivity contribution in [3.8, 4) is 0 Å². The summed E-state index contributed by atoms with van der Waals surface area (Å²) in [7, 11) is 0. The number of aromatic nitrogens is 1. The normalized spacial score (nSPS) is 28.0. The maximum atomic E-state index is 14.0. The first-order valence-corrected chi connectivity index (χ1v) is 6.70. The van der Waals surface area contributed by atoms with Gasteiger partial charge in [0, 0.05) is 25.6 Å². The summed E-state index contributed by atoms with van der Waals surface area (Å²) in [5.41, 5.74) is -0.706. The van der Waals surface area contributed by atoms with E-state index in [0.29, 0.717) is 18.7 Å². The zero-order chi connectivity index (χ0) is 15.3. The molecule has 1 atom stereocenters. The minimum absolute atomic E-state index is 0.0208. The number of hydrogen-bond donors (Lipinski definition) is 1. The molecule has 6 nitrogen and oxygen atoms in total. The van der Waals surface area contributed by atoms with Gasteiger partial charge in [-0.15, -0.1) is 0 Å². The van der Waals surface area contributed by atoms with Gasteiger partial charge in [0.25, 0.3) is 11.8 Å². The molecule has 8 heteroatoms. The summed E-state index contributed by atoms with van der Waals surface area (Å²) < 4.78 is 32.8. The van der Waals surface area contributed by atoms with E-state index in [4.69, 9.17) is 4.52 Å². The highest BCUT2D eigenvalue weighted by Gasteiger charge is 2.55. The second-order valence-corrected chi connectivity index (χ2v) is 5.81. The van der Waals surface area contributed by atoms with Gasteiger partial charge in [0.15, 0.2) is 0 Å². The number of aryl methyl sites for hydroxylation is 1. The molecule has 0 unspecified atom stereocenters. The zero-order valence-electron chi connectivity index (χ0n) is 11.5. The van der Waals surface area contributed by atoms with Gasteiger partial charge < -0.3 is 14.7 Å². The number of carbonyl (C=O) groups is 2. The number of carbonyl (C=O) groups excluding carboxylic acids is 2. The molecule has 2 aliphatic rings. The van der Waals surface area contributed by atoms with Crippen molar-refractivity contribution >= 4 is 11.8 Å². The molecule has 3 rings (SSSR count). The topological polar surface area (TPSA) is 75.4 Å². The minimum atomic E-state index is -3.09. The fraction of sp³-hybridized carbons (Fsp3) is 0.615. The number of amides is 2. The molecule has 1 N–H and O–H groups in total. The number of piperidine rings is 1. The highest BCUT2D eigenvalue weighted by atomic mass is 19.3. The quantitative estimate of drug-likeness (QED) is 0.838. The van der Waals surface area contributed by atoms with Crippen LogP contribution >= 0.6 is 0 Å². The van der Waals surface area contributed by atoms with Gasteiger partial charge in [0.05, 0.1) is 17.7 Å². The van der Waals surface area contributed by atoms with Crippen molar-refractivity contribution in [2.75, 3.05) is 19.6 Å². The average molecular weight is 299 g/mol. The van der Waals surface area contributed by atoms with Gasteiger partial charge in [-0.3, -0.25) is 9.59 Å². The van der Waals surface area contributed by atoms with E-state index in [-0.39, 0.29) is 12.3 Å². The standard InChI is InChI=1S/C13H15F2N3O3/c1-8-4-9(21-17-8)10(19)18-6-12(2-3-16-11(12)20)5-13(14,15)7-18/h4H,2-3,5-7H2,1H3,(H,16,20)/t12-/m0/s1. The van der Waals surface area contributed by atoms with Crippen molar-refractivity contribution in [3.05, 3.63) is 17.5 Å². The van der Waals surface area contributed by atoms with Crippen LogP contribution in [0.15, 0.2) is 10.6 Å². The van der Waals surface area contributed by atoms with Gasteiger partial charge in [0.1, 0.15) is 0 Å². The van der Waals surface area contributed by atoms with Crippen molar-refractivity contribution in [3.63, 3.8) is 0 Å². The highest BCUT2D eigenvalue weighted by molar-refractivity contribution is 5.93. The number of nitrogens with one attached hydrogen (secondary N) is 1. The van der Waals surface area contributed by atoms with E-state index >= 15 is 0 Å². The molecule has 2 amide bonds. The van der Waals surface area contributed by atoms with Crippen molar-refractivity contribution in [2.45, 2.75) is 25.7 Å². The van der Waals surface area contributed by atoms with Crippen LogP contribution in [0.25, 0.3) is 0 Å². The third-order valence-electron chi connectivity index (χ3n) is 4.01. The van der Waals surface area contributed by atoms with Crippen molar-refractivity contribution in [2.24, 2.45) is 5.41 Å². The summed E-state index contributed by atoms with van der Waals surface area (Å²) in [6, 6.07) is 1.40. The lowest BCUT2D eigenvalue weighted by molar-refractivity contribution is -0.144. The number of hydrogen-bond acceptors (Lipinski definition) is 4. The molecule has 0 aliphatic carbocycles. The Kier molecular flexibility index (Phi) is 3.00. The van der Waals surface area contributed by atoms with Crippen molar-refractivity contribution in [1.82, 2.24) is 15.4 Å². The molecule has 0 radical (unpaired) electrons. The second-order valence-electron chi connectivity index (χ2n) is 5.81. The van der Waals surface area contributed by atoms with E-state index in [1.807, 2.05) is 0 Å². The summed E-state index contributed by atoms with van der Waals surface area (Å²) in [6.45, 7) is 1.27. The van der Waals surface area contributed by atoms with Crippen LogP contribution in [0.3, 0.4) is 0 Å². The van der Waals surface area contributed by atoms with Gasteiger partial charge in [0.2, 0.25) is 11.7 Å². The molecule has 114 valence electrons. The van der Waals surface area contributed by atoms with Gasteiger partial charge in [-0.2, -0.15) is 0 Å². The van der Waals surface area contributed by atoms with Crippen LogP contribution in [0.2, 0.25) is 0 Å². The Labute approximate surface area is 119 Å². The van der Waals surface area contributed by atoms with E-state index in [0.717, 1.165) is 4.90 Å². The lowest BCUT2D eigenvalue weighted by atomic mass is 9.77. The Balaban J connectivity index is 1.88. The monoisotopic (exact) mass is 299 g/mol. The number of likely N-dealkylation sites (tertiary alicyclic amines) is 1. The molecule has 2 saturated heterocycles. The van der Waals surface area contributed by atoms with Crippen LogP contribution in [0, 0.1) is 12.3 Å². The van der Waals surface area contributed by atoms with E-state index in [9.17, 15) is 18.4 Å². The predicted molar refractivity (Wildman–Crippen MR) is 66.8 cm³/mol. The minimum Gasteiger partial charge on any atom is -0.356 e. The third kappa shape index (κ3) is 2.38. The summed E-state index contributed by atoms with van der Waals surface area (Å²) in [5, 5.41) is 6.16. The smallest absolute Gasteiger partial charge is 0.292 e. The van der Waals surface area contributed by atoms with Crippen LogP contribution < -0.4 is 5.32 Å². The van der Waals surface area contributed by atoms with Crippen molar-refractivity contribution < 1.29 is 22.9 Å². The Bertz CT molecular complexity index is 601. The average Bonchev–Trinajstić information content (AvgIpc) is 2.95. The van der Waals surface area contributed by atoms with E-state index < -0.39 is 36.1 Å². The molecule has 2 aliphatic heterocycles. The Morgan fingerprint density at radius 2 is 2.24 bits per heavy atom. The Morgan fingerprint density at radius 3 is 2.81 bits per heavy atom. The number of alkyl halides is 2. The molecule has 1 spiro atoms. The van der Waals surface area contributed by atoms with E-state index in [1.54, 1.807) is 6.92 Å². The summed E-state index contributed by atoms with van der Waals surface area (Å²) in [5.74, 6) is -4.24. The fourth-order valence-electron chi connectivity index (χ4n) is 3.11. The van der Waals surface area contributed by atoms with Crippen LogP contribution in [-0.4, -0.2) is 47.4 Å². The molecule has 21 heavy (non-hydrogen) atoms. The molecule has 0 saturated carbocycles. The van der Waals surface area contributed by atoms with Crippen LogP contribution in [0.1, 0.15) is 29.1 Å². The Hall–Kier alpha value is -1.99. The fourth-order valence-corrected chi connectivity index (χ4v) is 3.11. The van der Waals surface area contributed by atoms with Gasteiger partial charge >= 0.3 is 0 Å². The first kappa shape index (κ1) is 14.0. The number of halogens is 2. The number of rotatable bonds is 1. The maximum absolute atomic E-state index is 14.0. The third-order valence-corrected chi connectivity index (χ3v) is 4.01. The van der Waals surface area contributed by atoms with E-state index in [1.165, 1.54) is 6.07 Å². The van der Waals surface area contributed by atoms with Crippen LogP contribution in [-0.2, 0) is 4.79 Å². The summed E-state index contributed by atoms with van der Waals surface area (Å²) >= 11 is 0.